The van der Waals surface area contributed by atoms with E-state index in [9.17, 15) is 18.0 Å². The molecule has 0 aromatic carbocycles. The van der Waals surface area contributed by atoms with E-state index < -0.39 is 12.0 Å². The van der Waals surface area contributed by atoms with Gasteiger partial charge in [-0.25, -0.2) is 14.8 Å². The first-order valence-electron chi connectivity index (χ1n) is 9.22. The number of hydrogen-bond acceptors (Lipinski definition) is 4. The highest BCUT2D eigenvalue weighted by molar-refractivity contribution is 5.75. The summed E-state index contributed by atoms with van der Waals surface area (Å²) >= 11 is 0. The van der Waals surface area contributed by atoms with Gasteiger partial charge >= 0.3 is 12.2 Å². The minimum Gasteiger partial charge on any atom is -0.333 e. The van der Waals surface area contributed by atoms with Crippen LogP contribution in [0, 0.1) is 0 Å². The van der Waals surface area contributed by atoms with E-state index in [0.29, 0.717) is 32.7 Å². The van der Waals surface area contributed by atoms with Crippen LogP contribution in [0.15, 0.2) is 18.3 Å². The molecule has 1 saturated heterocycles. The molecule has 3 rings (SSSR count). The summed E-state index contributed by atoms with van der Waals surface area (Å²) < 4.78 is 41.2. The van der Waals surface area contributed by atoms with Crippen LogP contribution < -0.4 is 5.32 Å². The lowest BCUT2D eigenvalue weighted by Gasteiger charge is -2.36. The highest BCUT2D eigenvalue weighted by atomic mass is 19.4. The molecule has 1 aliphatic heterocycles. The molecule has 154 valence electrons. The van der Waals surface area contributed by atoms with Gasteiger partial charge in [-0.05, 0) is 32.9 Å². The molecule has 28 heavy (non-hydrogen) atoms. The van der Waals surface area contributed by atoms with E-state index in [0.717, 1.165) is 4.57 Å². The van der Waals surface area contributed by atoms with Gasteiger partial charge < -0.3 is 14.8 Å². The Morgan fingerprint density at radius 3 is 2.43 bits per heavy atom. The molecule has 0 atom stereocenters. The number of fused-ring (bicyclic) bond motifs is 1. The number of rotatable bonds is 3. The van der Waals surface area contributed by atoms with Crippen LogP contribution in [-0.2, 0) is 12.7 Å². The monoisotopic (exact) mass is 398 g/mol. The summed E-state index contributed by atoms with van der Waals surface area (Å²) in [4.78, 5) is 23.8. The smallest absolute Gasteiger partial charge is 0.333 e. The SMILES string of the molecule is CC(C)(C)NC(=O)N1CCN(CCn2c(C(F)(F)F)nc3cccnc32)CC1. The molecule has 2 aromatic rings. The molecule has 0 aliphatic carbocycles. The average molecular weight is 398 g/mol. The molecular weight excluding hydrogens is 373 g/mol. The van der Waals surface area contributed by atoms with Gasteiger partial charge in [-0.1, -0.05) is 0 Å². The molecule has 0 radical (unpaired) electrons. The van der Waals surface area contributed by atoms with Crippen LogP contribution in [0.2, 0.25) is 0 Å². The zero-order valence-electron chi connectivity index (χ0n) is 16.3. The number of carbonyl (C=O) groups is 1. The minimum absolute atomic E-state index is 0.115. The number of imidazole rings is 1. The minimum atomic E-state index is -4.54. The number of halogens is 3. The third kappa shape index (κ3) is 4.73. The number of nitrogens with zero attached hydrogens (tertiary/aromatic N) is 5. The molecule has 0 spiro atoms. The molecule has 1 N–H and O–H groups in total. The standard InChI is InChI=1S/C18H25F3N6O/c1-17(2,3)24-16(28)26-10-7-25(8-11-26)9-12-27-14-13(5-4-6-22-14)23-15(27)18(19,20)21/h4-6H,7-12H2,1-3H3,(H,24,28). The van der Waals surface area contributed by atoms with Crippen molar-refractivity contribution >= 4 is 17.2 Å². The van der Waals surface area contributed by atoms with Crippen LogP contribution in [0.3, 0.4) is 0 Å². The molecule has 0 unspecified atom stereocenters. The van der Waals surface area contributed by atoms with Gasteiger partial charge in [0, 0.05) is 51.0 Å². The molecule has 1 aliphatic rings. The number of alkyl halides is 3. The number of urea groups is 1. The topological polar surface area (TPSA) is 66.3 Å². The lowest BCUT2D eigenvalue weighted by atomic mass is 10.1. The normalized spacial score (nSPS) is 16.6. The Kier molecular flexibility index (Phi) is 5.51. The van der Waals surface area contributed by atoms with Crippen LogP contribution in [-0.4, -0.2) is 68.6 Å². The summed E-state index contributed by atoms with van der Waals surface area (Å²) in [7, 11) is 0. The van der Waals surface area contributed by atoms with Crippen molar-refractivity contribution in [1.82, 2.24) is 29.7 Å². The maximum absolute atomic E-state index is 13.4. The Labute approximate surface area is 161 Å². The quantitative estimate of drug-likeness (QED) is 0.863. The first kappa shape index (κ1) is 20.4. The largest absolute Gasteiger partial charge is 0.449 e. The molecule has 0 bridgehead atoms. The van der Waals surface area contributed by atoms with Gasteiger partial charge in [-0.3, -0.25) is 4.90 Å². The lowest BCUT2D eigenvalue weighted by molar-refractivity contribution is -0.147. The summed E-state index contributed by atoms with van der Waals surface area (Å²) in [5.74, 6) is -0.926. The van der Waals surface area contributed by atoms with Crippen LogP contribution in [0.1, 0.15) is 26.6 Å². The number of piperazine rings is 1. The average Bonchev–Trinajstić information content (AvgIpc) is 2.98. The molecule has 7 nitrogen and oxygen atoms in total. The van der Waals surface area contributed by atoms with Gasteiger partial charge in [0.1, 0.15) is 5.52 Å². The third-order valence-electron chi connectivity index (χ3n) is 4.54. The first-order valence-corrected chi connectivity index (χ1v) is 9.22. The Morgan fingerprint density at radius 1 is 1.14 bits per heavy atom. The maximum Gasteiger partial charge on any atom is 0.449 e. The molecule has 3 heterocycles. The molecule has 10 heteroatoms. The number of pyridine rings is 1. The van der Waals surface area contributed by atoms with Crippen LogP contribution in [0.25, 0.3) is 11.2 Å². The third-order valence-corrected chi connectivity index (χ3v) is 4.54. The highest BCUT2D eigenvalue weighted by Gasteiger charge is 2.38. The fourth-order valence-electron chi connectivity index (χ4n) is 3.20. The van der Waals surface area contributed by atoms with Crippen molar-refractivity contribution in [2.75, 3.05) is 32.7 Å². The van der Waals surface area contributed by atoms with E-state index in [4.69, 9.17) is 0 Å². The molecule has 2 amide bonds. The molecule has 2 aromatic heterocycles. The number of amides is 2. The Morgan fingerprint density at radius 2 is 1.82 bits per heavy atom. The van der Waals surface area contributed by atoms with Crippen molar-refractivity contribution in [3.8, 4) is 0 Å². The van der Waals surface area contributed by atoms with Gasteiger partial charge in [-0.2, -0.15) is 13.2 Å². The summed E-state index contributed by atoms with van der Waals surface area (Å²) in [6, 6.07) is 2.99. The number of hydrogen-bond donors (Lipinski definition) is 1. The van der Waals surface area contributed by atoms with Crippen molar-refractivity contribution in [3.05, 3.63) is 24.2 Å². The second-order valence-corrected chi connectivity index (χ2v) is 7.94. The van der Waals surface area contributed by atoms with Gasteiger partial charge in [0.05, 0.1) is 0 Å². The fraction of sp³-hybridized carbons (Fsp3) is 0.611. The van der Waals surface area contributed by atoms with Crippen molar-refractivity contribution in [2.24, 2.45) is 0 Å². The van der Waals surface area contributed by atoms with E-state index in [1.807, 2.05) is 20.8 Å². The Hall–Kier alpha value is -2.36. The first-order chi connectivity index (χ1) is 13.0. The number of carbonyl (C=O) groups excluding carboxylic acids is 1. The van der Waals surface area contributed by atoms with Crippen LogP contribution in [0.4, 0.5) is 18.0 Å². The van der Waals surface area contributed by atoms with Gasteiger partial charge in [0.15, 0.2) is 5.65 Å². The van der Waals surface area contributed by atoms with Crippen molar-refractivity contribution in [3.63, 3.8) is 0 Å². The highest BCUT2D eigenvalue weighted by Crippen LogP contribution is 2.30. The maximum atomic E-state index is 13.4. The summed E-state index contributed by atoms with van der Waals surface area (Å²) in [6.07, 6.45) is -3.07. The second-order valence-electron chi connectivity index (χ2n) is 7.94. The van der Waals surface area contributed by atoms with Gasteiger partial charge in [0.2, 0.25) is 5.82 Å². The Balaban J connectivity index is 1.62. The van der Waals surface area contributed by atoms with E-state index in [1.54, 1.807) is 11.0 Å². The van der Waals surface area contributed by atoms with Crippen molar-refractivity contribution in [2.45, 2.75) is 39.0 Å². The molecule has 1 fully saturated rings. The summed E-state index contributed by atoms with van der Waals surface area (Å²) in [5.41, 5.74) is 0.161. The van der Waals surface area contributed by atoms with Crippen molar-refractivity contribution in [1.29, 1.82) is 0 Å². The second kappa shape index (κ2) is 7.57. The zero-order valence-corrected chi connectivity index (χ0v) is 16.3. The summed E-state index contributed by atoms with van der Waals surface area (Å²) in [6.45, 7) is 8.62. The molecular formula is C18H25F3N6O. The van der Waals surface area contributed by atoms with Gasteiger partial charge in [-0.15, -0.1) is 0 Å². The molecule has 0 saturated carbocycles. The van der Waals surface area contributed by atoms with Gasteiger partial charge in [0.25, 0.3) is 0 Å². The number of aromatic nitrogens is 3. The summed E-state index contributed by atoms with van der Waals surface area (Å²) in [5, 5.41) is 2.93. The van der Waals surface area contributed by atoms with E-state index in [1.165, 1.54) is 12.3 Å². The lowest BCUT2D eigenvalue weighted by Crippen LogP contribution is -2.55. The van der Waals surface area contributed by atoms with Crippen LogP contribution in [0.5, 0.6) is 0 Å². The zero-order chi connectivity index (χ0) is 20.5. The Bertz CT molecular complexity index is 834. The predicted molar refractivity (Wildman–Crippen MR) is 98.8 cm³/mol. The van der Waals surface area contributed by atoms with E-state index >= 15 is 0 Å². The number of nitrogens with one attached hydrogen (secondary N) is 1. The van der Waals surface area contributed by atoms with Crippen molar-refractivity contribution < 1.29 is 18.0 Å². The predicted octanol–water partition coefficient (Wildman–Crippen LogP) is 2.58. The van der Waals surface area contributed by atoms with Crippen LogP contribution >= 0.6 is 0 Å². The fourth-order valence-corrected chi connectivity index (χ4v) is 3.20. The van der Waals surface area contributed by atoms with E-state index in [2.05, 4.69) is 20.2 Å². The van der Waals surface area contributed by atoms with E-state index in [-0.39, 0.29) is 29.3 Å².